The average Bonchev–Trinajstić information content (AvgIpc) is 2.24. The summed E-state index contributed by atoms with van der Waals surface area (Å²) in [4.78, 5) is 3.92. The van der Waals surface area contributed by atoms with Crippen LogP contribution in [0, 0.1) is 0 Å². The second kappa shape index (κ2) is 4.72. The molecule has 1 aromatic heterocycles. The van der Waals surface area contributed by atoms with Crippen LogP contribution in [0.5, 0.6) is 0 Å². The van der Waals surface area contributed by atoms with E-state index in [9.17, 15) is 0 Å². The number of nitrogens with two attached hydrogens (primary N) is 1. The van der Waals surface area contributed by atoms with Crippen molar-refractivity contribution in [3.05, 3.63) is 46.0 Å². The first-order chi connectivity index (χ1) is 7.65. The van der Waals surface area contributed by atoms with Gasteiger partial charge >= 0.3 is 0 Å². The molecule has 0 aliphatic carbocycles. The maximum Gasteiger partial charge on any atom is 0.125 e. The number of anilines is 3. The van der Waals surface area contributed by atoms with Crippen molar-refractivity contribution in [3.63, 3.8) is 0 Å². The van der Waals surface area contributed by atoms with Gasteiger partial charge in [-0.25, -0.2) is 4.98 Å². The maximum atomic E-state index is 5.92. The van der Waals surface area contributed by atoms with E-state index in [0.29, 0.717) is 10.8 Å². The molecule has 0 atom stereocenters. The molecule has 0 bridgehead atoms. The van der Waals surface area contributed by atoms with E-state index in [4.69, 9.17) is 17.3 Å². The number of benzene rings is 1. The van der Waals surface area contributed by atoms with Gasteiger partial charge in [-0.05, 0) is 40.2 Å². The lowest BCUT2D eigenvalue weighted by atomic mass is 10.3. The molecule has 3 N–H and O–H groups in total. The number of nitrogens with zero attached hydrogens (tertiary/aromatic N) is 1. The lowest BCUT2D eigenvalue weighted by molar-refractivity contribution is 1.33. The van der Waals surface area contributed by atoms with E-state index in [0.717, 1.165) is 15.8 Å². The molecule has 0 fully saturated rings. The molecule has 2 aromatic rings. The van der Waals surface area contributed by atoms with Gasteiger partial charge in [-0.15, -0.1) is 0 Å². The summed E-state index contributed by atoms with van der Waals surface area (Å²) in [5.74, 6) is 0.475. The molecule has 0 aliphatic heterocycles. The van der Waals surface area contributed by atoms with Gasteiger partial charge in [0.25, 0.3) is 0 Å². The van der Waals surface area contributed by atoms with E-state index < -0.39 is 0 Å². The fourth-order valence-electron chi connectivity index (χ4n) is 1.27. The molecule has 0 aliphatic rings. The lowest BCUT2D eigenvalue weighted by Gasteiger charge is -2.09. The predicted molar refractivity (Wildman–Crippen MR) is 71.1 cm³/mol. The molecule has 1 aromatic carbocycles. The molecule has 0 unspecified atom stereocenters. The fourth-order valence-corrected chi connectivity index (χ4v) is 1.79. The molecule has 2 rings (SSSR count). The van der Waals surface area contributed by atoms with Crippen LogP contribution in [0.15, 0.2) is 41.0 Å². The Bertz CT molecular complexity index is 516. The summed E-state index contributed by atoms with van der Waals surface area (Å²) in [5, 5.41) is 3.88. The van der Waals surface area contributed by atoms with Gasteiger partial charge in [0.15, 0.2) is 0 Å². The van der Waals surface area contributed by atoms with Crippen molar-refractivity contribution in [2.75, 3.05) is 11.1 Å². The maximum absolute atomic E-state index is 5.92. The van der Waals surface area contributed by atoms with E-state index in [1.165, 1.54) is 0 Å². The molecule has 0 saturated heterocycles. The van der Waals surface area contributed by atoms with Gasteiger partial charge in [0, 0.05) is 27.4 Å². The summed E-state index contributed by atoms with van der Waals surface area (Å²) in [6.07, 6.45) is 1.65. The average molecular weight is 299 g/mol. The highest BCUT2D eigenvalue weighted by Crippen LogP contribution is 2.28. The Labute approximate surface area is 107 Å². The van der Waals surface area contributed by atoms with Crippen molar-refractivity contribution in [1.29, 1.82) is 0 Å². The van der Waals surface area contributed by atoms with Crippen LogP contribution in [0.4, 0.5) is 17.2 Å². The molecule has 0 radical (unpaired) electrons. The van der Waals surface area contributed by atoms with Gasteiger partial charge in [0.1, 0.15) is 5.82 Å². The van der Waals surface area contributed by atoms with E-state index >= 15 is 0 Å². The van der Waals surface area contributed by atoms with Crippen LogP contribution in [0.3, 0.4) is 0 Å². The third kappa shape index (κ3) is 2.65. The summed E-state index contributed by atoms with van der Waals surface area (Å²) in [6, 6.07) is 9.13. The Kier molecular flexibility index (Phi) is 3.31. The molecular formula is C11H9BrClN3. The summed E-state index contributed by atoms with van der Waals surface area (Å²) in [5.41, 5.74) is 7.35. The third-order valence-electron chi connectivity index (χ3n) is 1.99. The Hall–Kier alpha value is -1.26. The number of nitrogen functional groups attached to an aromatic ring is 1. The Morgan fingerprint density at radius 3 is 2.81 bits per heavy atom. The zero-order valence-electron chi connectivity index (χ0n) is 8.24. The number of rotatable bonds is 2. The van der Waals surface area contributed by atoms with E-state index in [1.54, 1.807) is 12.3 Å². The molecule has 16 heavy (non-hydrogen) atoms. The number of aromatic nitrogens is 1. The van der Waals surface area contributed by atoms with E-state index in [2.05, 4.69) is 26.2 Å². The zero-order valence-corrected chi connectivity index (χ0v) is 10.6. The highest BCUT2D eigenvalue weighted by Gasteiger charge is 2.01. The Morgan fingerprint density at radius 1 is 1.25 bits per heavy atom. The summed E-state index contributed by atoms with van der Waals surface area (Å²) in [6.45, 7) is 0. The fraction of sp³-hybridized carbons (Fsp3) is 0. The van der Waals surface area contributed by atoms with Crippen molar-refractivity contribution < 1.29 is 0 Å². The standard InChI is InChI=1S/C11H9BrClN3/c12-9-2-1-7(13)5-10(9)16-8-3-4-15-11(14)6-8/h1-6H,(H3,14,15,16). The van der Waals surface area contributed by atoms with Gasteiger partial charge in [0.05, 0.1) is 5.69 Å². The highest BCUT2D eigenvalue weighted by atomic mass is 79.9. The number of nitrogens with one attached hydrogen (secondary N) is 1. The molecule has 5 heteroatoms. The molecule has 3 nitrogen and oxygen atoms in total. The largest absolute Gasteiger partial charge is 0.384 e. The third-order valence-corrected chi connectivity index (χ3v) is 2.92. The number of hydrogen-bond donors (Lipinski definition) is 2. The first kappa shape index (κ1) is 11.2. The van der Waals surface area contributed by atoms with Gasteiger partial charge in [0.2, 0.25) is 0 Å². The molecular weight excluding hydrogens is 289 g/mol. The van der Waals surface area contributed by atoms with Crippen LogP contribution in [0.2, 0.25) is 5.02 Å². The Morgan fingerprint density at radius 2 is 2.06 bits per heavy atom. The minimum Gasteiger partial charge on any atom is -0.384 e. The highest BCUT2D eigenvalue weighted by molar-refractivity contribution is 9.10. The van der Waals surface area contributed by atoms with Crippen molar-refractivity contribution in [1.82, 2.24) is 4.98 Å². The normalized spacial score (nSPS) is 10.1. The van der Waals surface area contributed by atoms with E-state index in [-0.39, 0.29) is 0 Å². The smallest absolute Gasteiger partial charge is 0.125 e. The first-order valence-corrected chi connectivity index (χ1v) is 5.76. The van der Waals surface area contributed by atoms with Gasteiger partial charge in [-0.2, -0.15) is 0 Å². The van der Waals surface area contributed by atoms with Crippen LogP contribution in [0.25, 0.3) is 0 Å². The predicted octanol–water partition coefficient (Wildman–Crippen LogP) is 3.82. The van der Waals surface area contributed by atoms with Crippen molar-refractivity contribution >= 4 is 44.7 Å². The quantitative estimate of drug-likeness (QED) is 0.886. The van der Waals surface area contributed by atoms with Gasteiger partial charge < -0.3 is 11.1 Å². The van der Waals surface area contributed by atoms with Crippen molar-refractivity contribution in [3.8, 4) is 0 Å². The van der Waals surface area contributed by atoms with Crippen LogP contribution in [-0.2, 0) is 0 Å². The van der Waals surface area contributed by atoms with Crippen LogP contribution in [0.1, 0.15) is 0 Å². The monoisotopic (exact) mass is 297 g/mol. The second-order valence-corrected chi connectivity index (χ2v) is 4.51. The molecule has 0 spiro atoms. The number of halogens is 2. The van der Waals surface area contributed by atoms with Gasteiger partial charge in [-0.3, -0.25) is 0 Å². The van der Waals surface area contributed by atoms with E-state index in [1.807, 2.05) is 24.3 Å². The molecule has 0 saturated carbocycles. The zero-order chi connectivity index (χ0) is 11.5. The molecule has 82 valence electrons. The summed E-state index contributed by atoms with van der Waals surface area (Å²) < 4.78 is 0.937. The van der Waals surface area contributed by atoms with Crippen LogP contribution >= 0.6 is 27.5 Å². The Balaban J connectivity index is 2.30. The van der Waals surface area contributed by atoms with Crippen LogP contribution < -0.4 is 11.1 Å². The topological polar surface area (TPSA) is 50.9 Å². The molecule has 1 heterocycles. The van der Waals surface area contributed by atoms with Crippen LogP contribution in [-0.4, -0.2) is 4.98 Å². The lowest BCUT2D eigenvalue weighted by Crippen LogP contribution is -1.94. The summed E-state index contributed by atoms with van der Waals surface area (Å²) >= 11 is 9.35. The number of hydrogen-bond acceptors (Lipinski definition) is 3. The minimum atomic E-state index is 0.475. The minimum absolute atomic E-state index is 0.475. The summed E-state index contributed by atoms with van der Waals surface area (Å²) in [7, 11) is 0. The second-order valence-electron chi connectivity index (χ2n) is 3.22. The molecule has 0 amide bonds. The number of pyridine rings is 1. The SMILES string of the molecule is Nc1cc(Nc2cc(Cl)ccc2Br)ccn1. The first-order valence-electron chi connectivity index (χ1n) is 4.59. The van der Waals surface area contributed by atoms with Crippen molar-refractivity contribution in [2.45, 2.75) is 0 Å². The van der Waals surface area contributed by atoms with Gasteiger partial charge in [-0.1, -0.05) is 11.6 Å². The van der Waals surface area contributed by atoms with Crippen molar-refractivity contribution in [2.24, 2.45) is 0 Å².